The number of fused-ring (bicyclic) bond motifs is 9. The van der Waals surface area contributed by atoms with Crippen molar-refractivity contribution in [3.8, 4) is 0 Å². The minimum Gasteiger partial charge on any atom is -0.460 e. The Morgan fingerprint density at radius 3 is 2.38 bits per heavy atom. The lowest BCUT2D eigenvalue weighted by Crippen LogP contribution is -2.68. The van der Waals surface area contributed by atoms with Crippen molar-refractivity contribution in [2.75, 3.05) is 0 Å². The molecule has 3 unspecified atom stereocenters. The summed E-state index contributed by atoms with van der Waals surface area (Å²) >= 11 is 0. The van der Waals surface area contributed by atoms with Crippen molar-refractivity contribution in [3.63, 3.8) is 0 Å². The molecule has 0 spiro atoms. The molecule has 5 nitrogen and oxygen atoms in total. The van der Waals surface area contributed by atoms with E-state index < -0.39 is 11.5 Å². The fourth-order valence-electron chi connectivity index (χ4n) is 11.6. The second-order valence-corrected chi connectivity index (χ2v) is 17.0. The maximum Gasteiger partial charge on any atom is 0.312 e. The van der Waals surface area contributed by atoms with Gasteiger partial charge in [-0.2, -0.15) is 0 Å². The fourth-order valence-corrected chi connectivity index (χ4v) is 11.6. The van der Waals surface area contributed by atoms with E-state index in [0.29, 0.717) is 6.61 Å². The monoisotopic (exact) mass is 574 g/mol. The van der Waals surface area contributed by atoms with Crippen LogP contribution >= 0.6 is 0 Å². The van der Waals surface area contributed by atoms with Crippen LogP contribution in [0.15, 0.2) is 42.0 Å². The highest BCUT2D eigenvalue weighted by molar-refractivity contribution is 5.96. The topological polar surface area (TPSA) is 76.1 Å². The molecule has 0 bridgehead atoms. The molecule has 228 valence electrons. The number of allylic oxidation sites excluding steroid dienone is 2. The number of epoxide rings is 1. The Hall–Kier alpha value is -1.98. The van der Waals surface area contributed by atoms with Gasteiger partial charge in [-0.25, -0.2) is 0 Å². The van der Waals surface area contributed by atoms with E-state index in [-0.39, 0.29) is 68.8 Å². The maximum absolute atomic E-state index is 14.6. The van der Waals surface area contributed by atoms with Gasteiger partial charge < -0.3 is 14.6 Å². The van der Waals surface area contributed by atoms with Gasteiger partial charge in [0.1, 0.15) is 12.7 Å². The van der Waals surface area contributed by atoms with E-state index in [0.717, 1.165) is 50.5 Å². The largest absolute Gasteiger partial charge is 0.460 e. The lowest BCUT2D eigenvalue weighted by molar-refractivity contribution is -0.195. The summed E-state index contributed by atoms with van der Waals surface area (Å²) in [6, 6.07) is 9.90. The van der Waals surface area contributed by atoms with E-state index in [1.54, 1.807) is 0 Å². The van der Waals surface area contributed by atoms with Gasteiger partial charge in [-0.1, -0.05) is 77.4 Å². The van der Waals surface area contributed by atoms with Crippen molar-refractivity contribution in [3.05, 3.63) is 47.5 Å². The first-order chi connectivity index (χ1) is 19.6. The van der Waals surface area contributed by atoms with Gasteiger partial charge in [0.05, 0.1) is 17.6 Å². The summed E-state index contributed by atoms with van der Waals surface area (Å²) in [6.45, 7) is 16.3. The first-order valence-electron chi connectivity index (χ1n) is 16.4. The molecule has 0 amide bonds. The predicted molar refractivity (Wildman–Crippen MR) is 161 cm³/mol. The SMILES string of the molecule is CC1(C)C2CC[C@]3(C)C(C(=O)C=C4C5C[C@@](C)(C(=O)OCc6ccccc6)CC[C@]5(C)CC[C@]43C)[C@@]2(C)[C@H]2O[C@H]2[C@H]1O. The molecule has 1 aliphatic heterocycles. The number of hydrogen-bond donors (Lipinski definition) is 1. The Morgan fingerprint density at radius 1 is 0.976 bits per heavy atom. The molecule has 6 aliphatic rings. The number of aliphatic hydroxyl groups is 1. The van der Waals surface area contributed by atoms with Gasteiger partial charge in [-0.15, -0.1) is 0 Å². The van der Waals surface area contributed by atoms with Gasteiger partial charge in [-0.05, 0) is 97.0 Å². The molecular formula is C37H50O5. The van der Waals surface area contributed by atoms with Crippen LogP contribution in [-0.2, 0) is 25.7 Å². The second-order valence-electron chi connectivity index (χ2n) is 17.0. The van der Waals surface area contributed by atoms with E-state index in [1.165, 1.54) is 5.57 Å². The number of ketones is 1. The standard InChI is InChI=1S/C37H50O5/c1-32(2)26-13-14-36(6)28(37(26,7)30-27(42-30)29(32)39)25(38)19-23-24-20-34(4,16-15-33(24,3)17-18-35(23,36)5)31(40)41-21-22-11-9-8-10-12-22/h8-12,19,24,26-30,39H,13-18,20-21H2,1-7H3/t24?,26?,27-,28?,29+,30-,33+,34-,35+,36+,37-/m0/s1. The molecule has 1 aromatic rings. The molecular weight excluding hydrogens is 524 g/mol. The predicted octanol–water partition coefficient (Wildman–Crippen LogP) is 7.06. The number of hydrogen-bond acceptors (Lipinski definition) is 5. The van der Waals surface area contributed by atoms with Crippen LogP contribution < -0.4 is 0 Å². The van der Waals surface area contributed by atoms with Crippen molar-refractivity contribution < 1.29 is 24.2 Å². The van der Waals surface area contributed by atoms with E-state index in [9.17, 15) is 14.7 Å². The summed E-state index contributed by atoms with van der Waals surface area (Å²) in [6.07, 6.45) is 8.05. The minimum atomic E-state index is -0.568. The molecule has 42 heavy (non-hydrogen) atoms. The maximum atomic E-state index is 14.6. The van der Waals surface area contributed by atoms with Gasteiger partial charge in [0.25, 0.3) is 0 Å². The molecule has 4 saturated carbocycles. The molecule has 1 aromatic carbocycles. The van der Waals surface area contributed by atoms with Crippen LogP contribution in [0.2, 0.25) is 0 Å². The molecule has 5 heteroatoms. The van der Waals surface area contributed by atoms with Gasteiger partial charge in [-0.3, -0.25) is 9.59 Å². The summed E-state index contributed by atoms with van der Waals surface area (Å²) in [5.74, 6) is 0.424. The van der Waals surface area contributed by atoms with Crippen LogP contribution in [0.5, 0.6) is 0 Å². The van der Waals surface area contributed by atoms with Gasteiger partial charge in [0, 0.05) is 11.3 Å². The zero-order chi connectivity index (χ0) is 30.1. The molecule has 5 aliphatic carbocycles. The molecule has 7 rings (SSSR count). The zero-order valence-corrected chi connectivity index (χ0v) is 26.7. The highest BCUT2D eigenvalue weighted by Crippen LogP contribution is 2.76. The lowest BCUT2D eigenvalue weighted by Gasteiger charge is -2.69. The number of aliphatic hydroxyl groups excluding tert-OH is 1. The lowest BCUT2D eigenvalue weighted by atomic mass is 9.33. The van der Waals surface area contributed by atoms with Gasteiger partial charge in [0.2, 0.25) is 0 Å². The molecule has 1 heterocycles. The normalized spacial score (nSPS) is 50.2. The molecule has 5 fully saturated rings. The fraction of sp³-hybridized carbons (Fsp3) is 0.730. The van der Waals surface area contributed by atoms with Crippen LogP contribution in [0.1, 0.15) is 99.0 Å². The van der Waals surface area contributed by atoms with Gasteiger partial charge >= 0.3 is 5.97 Å². The van der Waals surface area contributed by atoms with E-state index in [2.05, 4.69) is 54.5 Å². The Bertz CT molecular complexity index is 1350. The van der Waals surface area contributed by atoms with Crippen LogP contribution in [0.3, 0.4) is 0 Å². The van der Waals surface area contributed by atoms with Crippen molar-refractivity contribution >= 4 is 11.8 Å². The Kier molecular flexibility index (Phi) is 6.03. The summed E-state index contributed by atoms with van der Waals surface area (Å²) in [5, 5.41) is 11.2. The molecule has 0 radical (unpaired) electrons. The van der Waals surface area contributed by atoms with Gasteiger partial charge in [0.15, 0.2) is 5.78 Å². The third kappa shape index (κ3) is 3.56. The average molecular weight is 575 g/mol. The number of ether oxygens (including phenoxy) is 2. The molecule has 0 aromatic heterocycles. The second kappa shape index (κ2) is 8.81. The van der Waals surface area contributed by atoms with Crippen molar-refractivity contribution in [2.45, 2.75) is 118 Å². The quantitative estimate of drug-likeness (QED) is 0.309. The smallest absolute Gasteiger partial charge is 0.312 e. The Morgan fingerprint density at radius 2 is 1.67 bits per heavy atom. The third-order valence-corrected chi connectivity index (χ3v) is 14.6. The minimum absolute atomic E-state index is 0.0520. The van der Waals surface area contributed by atoms with Crippen LogP contribution in [0.25, 0.3) is 0 Å². The van der Waals surface area contributed by atoms with Crippen molar-refractivity contribution in [2.24, 2.45) is 50.2 Å². The van der Waals surface area contributed by atoms with Crippen LogP contribution in [-0.4, -0.2) is 35.2 Å². The first-order valence-corrected chi connectivity index (χ1v) is 16.4. The van der Waals surface area contributed by atoms with Crippen LogP contribution in [0, 0.1) is 50.2 Å². The van der Waals surface area contributed by atoms with E-state index in [1.807, 2.05) is 30.3 Å². The summed E-state index contributed by atoms with van der Waals surface area (Å²) in [7, 11) is 0. The van der Waals surface area contributed by atoms with Crippen LogP contribution in [0.4, 0.5) is 0 Å². The zero-order valence-electron chi connectivity index (χ0n) is 26.7. The van der Waals surface area contributed by atoms with Crippen molar-refractivity contribution in [1.82, 2.24) is 0 Å². The number of esters is 1. The Balaban J connectivity index is 1.23. The molecule has 1 N–H and O–H groups in total. The summed E-state index contributed by atoms with van der Waals surface area (Å²) in [5.41, 5.74) is 0.896. The molecule has 11 atom stereocenters. The van der Waals surface area contributed by atoms with E-state index in [4.69, 9.17) is 9.47 Å². The summed E-state index contributed by atoms with van der Waals surface area (Å²) < 4.78 is 12.2. The van der Waals surface area contributed by atoms with Crippen molar-refractivity contribution in [1.29, 1.82) is 0 Å². The number of carbonyl (C=O) groups excluding carboxylic acids is 2. The highest BCUT2D eigenvalue weighted by atomic mass is 16.6. The number of benzene rings is 1. The van der Waals surface area contributed by atoms with E-state index >= 15 is 0 Å². The number of rotatable bonds is 3. The average Bonchev–Trinajstić information content (AvgIpc) is 3.75. The number of carbonyl (C=O) groups is 2. The molecule has 1 saturated heterocycles. The highest BCUT2D eigenvalue weighted by Gasteiger charge is 2.77. The Labute approximate surface area is 251 Å². The first kappa shape index (κ1) is 28.8. The third-order valence-electron chi connectivity index (χ3n) is 14.6. The summed E-state index contributed by atoms with van der Waals surface area (Å²) in [4.78, 5) is 28.2.